The molecule has 1 aromatic carbocycles. The van der Waals surface area contributed by atoms with Crippen molar-refractivity contribution < 1.29 is 19.1 Å². The molecule has 0 aliphatic carbocycles. The molecular weight excluding hydrogens is 364 g/mol. The lowest BCUT2D eigenvalue weighted by Gasteiger charge is -2.46. The number of hydrogen-bond acceptors (Lipinski definition) is 4. The summed E-state index contributed by atoms with van der Waals surface area (Å²) in [5.74, 6) is -0.0268. The Morgan fingerprint density at radius 3 is 2.70 bits per heavy atom. The van der Waals surface area contributed by atoms with Gasteiger partial charge in [0.25, 0.3) is 0 Å². The summed E-state index contributed by atoms with van der Waals surface area (Å²) in [6.07, 6.45) is -0.551. The number of hydrogen-bond donors (Lipinski definition) is 0. The average Bonchev–Trinajstić information content (AvgIpc) is 2.66. The van der Waals surface area contributed by atoms with Crippen LogP contribution in [0.1, 0.15) is 19.4 Å². The molecule has 2 aliphatic heterocycles. The van der Waals surface area contributed by atoms with Gasteiger partial charge in [0.15, 0.2) is 0 Å². The molecule has 2 amide bonds. The van der Waals surface area contributed by atoms with Crippen molar-refractivity contribution in [2.45, 2.75) is 25.4 Å². The summed E-state index contributed by atoms with van der Waals surface area (Å²) in [5, 5.41) is 0. The number of likely N-dealkylation sites (tertiary alicyclic amines) is 1. The first-order valence-electron chi connectivity index (χ1n) is 7.45. The van der Waals surface area contributed by atoms with Gasteiger partial charge in [0.1, 0.15) is 12.1 Å². The molecule has 0 atom stereocenters. The zero-order valence-corrected chi connectivity index (χ0v) is 14.9. The number of halogens is 1. The summed E-state index contributed by atoms with van der Waals surface area (Å²) in [5.41, 5.74) is 1.09. The first-order chi connectivity index (χ1) is 10.9. The molecule has 1 aromatic rings. The van der Waals surface area contributed by atoms with Crippen molar-refractivity contribution in [2.75, 3.05) is 31.8 Å². The molecule has 124 valence electrons. The Labute approximate surface area is 143 Å². The SMILES string of the molecule is COCN1C(=O)C2(CN(C(=O)OC(C)C)C2)c2cc(Br)ccc21. The smallest absolute Gasteiger partial charge is 0.410 e. The monoisotopic (exact) mass is 382 g/mol. The fourth-order valence-electron chi connectivity index (χ4n) is 3.18. The Morgan fingerprint density at radius 2 is 2.09 bits per heavy atom. The number of fused-ring (bicyclic) bond motifs is 2. The van der Waals surface area contributed by atoms with Crippen LogP contribution in [-0.2, 0) is 19.7 Å². The highest BCUT2D eigenvalue weighted by Gasteiger charge is 2.59. The van der Waals surface area contributed by atoms with E-state index in [4.69, 9.17) is 9.47 Å². The molecule has 23 heavy (non-hydrogen) atoms. The van der Waals surface area contributed by atoms with E-state index in [0.29, 0.717) is 13.1 Å². The summed E-state index contributed by atoms with van der Waals surface area (Å²) in [7, 11) is 1.56. The Hall–Kier alpha value is -1.60. The second-order valence-electron chi connectivity index (χ2n) is 6.18. The maximum Gasteiger partial charge on any atom is 0.410 e. The number of ether oxygens (including phenoxy) is 2. The van der Waals surface area contributed by atoms with Gasteiger partial charge in [0.2, 0.25) is 5.91 Å². The molecule has 1 saturated heterocycles. The predicted octanol–water partition coefficient (Wildman–Crippen LogP) is 2.50. The number of amides is 2. The molecule has 0 unspecified atom stereocenters. The van der Waals surface area contributed by atoms with Gasteiger partial charge in [-0.2, -0.15) is 0 Å². The molecule has 3 rings (SSSR count). The lowest BCUT2D eigenvalue weighted by atomic mass is 9.75. The lowest BCUT2D eigenvalue weighted by Crippen LogP contribution is -2.65. The Balaban J connectivity index is 1.88. The van der Waals surface area contributed by atoms with E-state index in [1.807, 2.05) is 18.2 Å². The van der Waals surface area contributed by atoms with Crippen LogP contribution in [-0.4, -0.2) is 49.9 Å². The van der Waals surface area contributed by atoms with E-state index in [1.54, 1.807) is 30.8 Å². The fourth-order valence-corrected chi connectivity index (χ4v) is 3.54. The van der Waals surface area contributed by atoms with Crippen molar-refractivity contribution in [1.29, 1.82) is 0 Å². The van der Waals surface area contributed by atoms with E-state index in [9.17, 15) is 9.59 Å². The van der Waals surface area contributed by atoms with Gasteiger partial charge in [-0.1, -0.05) is 15.9 Å². The minimum atomic E-state index is -0.687. The fraction of sp³-hybridized carbons (Fsp3) is 0.500. The highest BCUT2D eigenvalue weighted by Crippen LogP contribution is 2.48. The standard InChI is InChI=1S/C16H19BrN2O4/c1-10(2)23-15(21)18-7-16(8-18)12-6-11(17)4-5-13(12)19(9-22-3)14(16)20/h4-6,10H,7-9H2,1-3H3. The Kier molecular flexibility index (Phi) is 4.10. The number of anilines is 1. The van der Waals surface area contributed by atoms with Crippen molar-refractivity contribution in [1.82, 2.24) is 4.90 Å². The van der Waals surface area contributed by atoms with Gasteiger partial charge in [-0.05, 0) is 37.6 Å². The van der Waals surface area contributed by atoms with Gasteiger partial charge in [-0.3, -0.25) is 9.69 Å². The Morgan fingerprint density at radius 1 is 1.39 bits per heavy atom. The van der Waals surface area contributed by atoms with Crippen LogP contribution in [0.15, 0.2) is 22.7 Å². The zero-order valence-electron chi connectivity index (χ0n) is 13.3. The van der Waals surface area contributed by atoms with Gasteiger partial charge < -0.3 is 14.4 Å². The molecule has 0 aromatic heterocycles. The number of nitrogens with zero attached hydrogens (tertiary/aromatic N) is 2. The van der Waals surface area contributed by atoms with Gasteiger partial charge >= 0.3 is 6.09 Å². The quantitative estimate of drug-likeness (QED) is 0.805. The molecule has 6 nitrogen and oxygen atoms in total. The van der Waals surface area contributed by atoms with E-state index >= 15 is 0 Å². The number of carbonyl (C=O) groups is 2. The molecule has 0 N–H and O–H groups in total. The van der Waals surface area contributed by atoms with E-state index in [-0.39, 0.29) is 24.8 Å². The second-order valence-corrected chi connectivity index (χ2v) is 7.10. The highest BCUT2D eigenvalue weighted by atomic mass is 79.9. The molecule has 7 heteroatoms. The third kappa shape index (κ3) is 2.52. The molecule has 0 bridgehead atoms. The van der Waals surface area contributed by atoms with Crippen molar-refractivity contribution in [3.05, 3.63) is 28.2 Å². The molecule has 0 saturated carbocycles. The minimum absolute atomic E-state index is 0.0268. The van der Waals surface area contributed by atoms with Gasteiger partial charge in [-0.25, -0.2) is 4.79 Å². The van der Waals surface area contributed by atoms with Crippen LogP contribution in [0.2, 0.25) is 0 Å². The summed E-state index contributed by atoms with van der Waals surface area (Å²) < 4.78 is 11.3. The van der Waals surface area contributed by atoms with Crippen molar-refractivity contribution >= 4 is 33.6 Å². The minimum Gasteiger partial charge on any atom is -0.447 e. The highest BCUT2D eigenvalue weighted by molar-refractivity contribution is 9.10. The normalized spacial score (nSPS) is 18.4. The van der Waals surface area contributed by atoms with Crippen LogP contribution < -0.4 is 4.90 Å². The van der Waals surface area contributed by atoms with Gasteiger partial charge in [-0.15, -0.1) is 0 Å². The van der Waals surface area contributed by atoms with Crippen molar-refractivity contribution in [3.8, 4) is 0 Å². The molecule has 1 spiro atoms. The van der Waals surface area contributed by atoms with Crippen LogP contribution >= 0.6 is 15.9 Å². The van der Waals surface area contributed by atoms with Crippen LogP contribution in [0.25, 0.3) is 0 Å². The molecule has 2 heterocycles. The van der Waals surface area contributed by atoms with Gasteiger partial charge in [0, 0.05) is 24.7 Å². The Bertz CT molecular complexity index is 655. The second kappa shape index (κ2) is 5.79. The number of carbonyl (C=O) groups excluding carboxylic acids is 2. The third-order valence-electron chi connectivity index (χ3n) is 4.19. The summed E-state index contributed by atoms with van der Waals surface area (Å²) in [6, 6.07) is 5.76. The largest absolute Gasteiger partial charge is 0.447 e. The van der Waals surface area contributed by atoms with Crippen molar-refractivity contribution in [3.63, 3.8) is 0 Å². The first-order valence-corrected chi connectivity index (χ1v) is 8.25. The van der Waals surface area contributed by atoms with Crippen LogP contribution in [0.3, 0.4) is 0 Å². The maximum atomic E-state index is 12.9. The van der Waals surface area contributed by atoms with Gasteiger partial charge in [0.05, 0.1) is 11.8 Å². The number of rotatable bonds is 3. The molecular formula is C16H19BrN2O4. The summed E-state index contributed by atoms with van der Waals surface area (Å²) >= 11 is 3.46. The molecule has 2 aliphatic rings. The zero-order chi connectivity index (χ0) is 16.8. The number of methoxy groups -OCH3 is 1. The topological polar surface area (TPSA) is 59.1 Å². The first kappa shape index (κ1) is 16.3. The number of benzene rings is 1. The molecule has 1 fully saturated rings. The van der Waals surface area contributed by atoms with E-state index in [0.717, 1.165) is 15.7 Å². The van der Waals surface area contributed by atoms with Crippen LogP contribution in [0.5, 0.6) is 0 Å². The van der Waals surface area contributed by atoms with E-state index in [2.05, 4.69) is 15.9 Å². The van der Waals surface area contributed by atoms with E-state index in [1.165, 1.54) is 0 Å². The average molecular weight is 383 g/mol. The summed E-state index contributed by atoms with van der Waals surface area (Å²) in [4.78, 5) is 28.1. The predicted molar refractivity (Wildman–Crippen MR) is 88.4 cm³/mol. The third-order valence-corrected chi connectivity index (χ3v) is 4.69. The van der Waals surface area contributed by atoms with Crippen molar-refractivity contribution in [2.24, 2.45) is 0 Å². The van der Waals surface area contributed by atoms with Crippen LogP contribution in [0.4, 0.5) is 10.5 Å². The maximum absolute atomic E-state index is 12.9. The molecule has 0 radical (unpaired) electrons. The van der Waals surface area contributed by atoms with E-state index < -0.39 is 5.41 Å². The summed E-state index contributed by atoms with van der Waals surface area (Å²) in [6.45, 7) is 4.48. The van der Waals surface area contributed by atoms with Crippen LogP contribution in [0, 0.1) is 0 Å². The lowest BCUT2D eigenvalue weighted by molar-refractivity contribution is -0.129.